The van der Waals surface area contributed by atoms with Crippen LogP contribution in [0.5, 0.6) is 0 Å². The Labute approximate surface area is 92.3 Å². The van der Waals surface area contributed by atoms with Gasteiger partial charge in [-0.05, 0) is 33.6 Å². The second-order valence-electron chi connectivity index (χ2n) is 5.36. The molecule has 0 radical (unpaired) electrons. The molecule has 0 bridgehead atoms. The Balaban J connectivity index is 2.81. The van der Waals surface area contributed by atoms with Gasteiger partial charge in [-0.1, -0.05) is 6.08 Å². The number of hydrogen-bond donors (Lipinski definition) is 1. The number of nitrogens with two attached hydrogens (primary N) is 1. The molecule has 1 amide bonds. The van der Waals surface area contributed by atoms with E-state index in [0.717, 1.165) is 12.8 Å². The maximum atomic E-state index is 12.3. The van der Waals surface area contributed by atoms with Crippen LogP contribution in [0.25, 0.3) is 0 Å². The van der Waals surface area contributed by atoms with Gasteiger partial charge in [0.05, 0.1) is 5.41 Å². The molecule has 0 atom stereocenters. The minimum absolute atomic E-state index is 0.157. The van der Waals surface area contributed by atoms with Crippen molar-refractivity contribution in [3.05, 3.63) is 12.7 Å². The summed E-state index contributed by atoms with van der Waals surface area (Å²) in [6.45, 7) is 10.9. The molecule has 0 saturated heterocycles. The van der Waals surface area contributed by atoms with Crippen molar-refractivity contribution in [2.75, 3.05) is 13.1 Å². The van der Waals surface area contributed by atoms with Crippen LogP contribution < -0.4 is 5.73 Å². The maximum Gasteiger partial charge on any atom is 0.230 e. The van der Waals surface area contributed by atoms with Gasteiger partial charge in [-0.15, -0.1) is 6.58 Å². The Kier molecular flexibility index (Phi) is 3.24. The fourth-order valence-corrected chi connectivity index (χ4v) is 1.73. The van der Waals surface area contributed by atoms with Gasteiger partial charge in [0.15, 0.2) is 0 Å². The molecule has 0 aromatic carbocycles. The third-order valence-corrected chi connectivity index (χ3v) is 3.06. The number of nitrogens with zero attached hydrogens (tertiary/aromatic N) is 1. The first-order valence-corrected chi connectivity index (χ1v) is 5.50. The summed E-state index contributed by atoms with van der Waals surface area (Å²) in [4.78, 5) is 14.2. The monoisotopic (exact) mass is 210 g/mol. The standard InChI is InChI=1S/C12H22N2O/c1-5-8-14(11(2,3)4)10(15)12(9-13)6-7-12/h5H,1,6-9,13H2,2-4H3. The van der Waals surface area contributed by atoms with Gasteiger partial charge >= 0.3 is 0 Å². The largest absolute Gasteiger partial charge is 0.334 e. The van der Waals surface area contributed by atoms with Crippen LogP contribution in [0, 0.1) is 5.41 Å². The molecule has 0 heterocycles. The summed E-state index contributed by atoms with van der Waals surface area (Å²) >= 11 is 0. The molecule has 1 aliphatic rings. The first-order chi connectivity index (χ1) is 6.87. The van der Waals surface area contributed by atoms with Crippen LogP contribution in [0.15, 0.2) is 12.7 Å². The third kappa shape index (κ3) is 2.40. The topological polar surface area (TPSA) is 46.3 Å². The predicted octanol–water partition coefficient (Wildman–Crippen LogP) is 1.54. The van der Waals surface area contributed by atoms with Crippen LogP contribution in [0.1, 0.15) is 33.6 Å². The van der Waals surface area contributed by atoms with Crippen molar-refractivity contribution >= 4 is 5.91 Å². The van der Waals surface area contributed by atoms with Gasteiger partial charge in [-0.25, -0.2) is 0 Å². The number of hydrogen-bond acceptors (Lipinski definition) is 2. The molecule has 3 nitrogen and oxygen atoms in total. The minimum Gasteiger partial charge on any atom is -0.334 e. The van der Waals surface area contributed by atoms with Crippen molar-refractivity contribution < 1.29 is 4.79 Å². The zero-order valence-electron chi connectivity index (χ0n) is 10.0. The fraction of sp³-hybridized carbons (Fsp3) is 0.750. The van der Waals surface area contributed by atoms with Gasteiger partial charge in [0, 0.05) is 18.6 Å². The summed E-state index contributed by atoms with van der Waals surface area (Å²) in [7, 11) is 0. The third-order valence-electron chi connectivity index (χ3n) is 3.06. The Morgan fingerprint density at radius 2 is 2.07 bits per heavy atom. The molecule has 3 heteroatoms. The molecule has 86 valence electrons. The molecule has 0 spiro atoms. The molecule has 0 aromatic rings. The van der Waals surface area contributed by atoms with Crippen molar-refractivity contribution in [2.24, 2.45) is 11.1 Å². The van der Waals surface area contributed by atoms with Crippen molar-refractivity contribution in [3.8, 4) is 0 Å². The zero-order chi connectivity index (χ0) is 11.7. The highest BCUT2D eigenvalue weighted by molar-refractivity contribution is 5.86. The quantitative estimate of drug-likeness (QED) is 0.715. The van der Waals surface area contributed by atoms with Crippen LogP contribution in [-0.4, -0.2) is 29.4 Å². The van der Waals surface area contributed by atoms with E-state index in [0.29, 0.717) is 13.1 Å². The summed E-state index contributed by atoms with van der Waals surface area (Å²) in [5.41, 5.74) is 5.26. The molecular weight excluding hydrogens is 188 g/mol. The van der Waals surface area contributed by atoms with E-state index in [1.165, 1.54) is 0 Å². The molecule has 0 aromatic heterocycles. The zero-order valence-corrected chi connectivity index (χ0v) is 10.0. The predicted molar refractivity (Wildman–Crippen MR) is 62.4 cm³/mol. The summed E-state index contributed by atoms with van der Waals surface area (Å²) in [5.74, 6) is 0.192. The molecular formula is C12H22N2O. The first-order valence-electron chi connectivity index (χ1n) is 5.50. The highest BCUT2D eigenvalue weighted by atomic mass is 16.2. The Morgan fingerprint density at radius 1 is 1.53 bits per heavy atom. The average molecular weight is 210 g/mol. The van der Waals surface area contributed by atoms with Crippen molar-refractivity contribution in [1.29, 1.82) is 0 Å². The lowest BCUT2D eigenvalue weighted by Gasteiger charge is -2.37. The van der Waals surface area contributed by atoms with Gasteiger partial charge in [0.1, 0.15) is 0 Å². The lowest BCUT2D eigenvalue weighted by molar-refractivity contribution is -0.140. The molecule has 1 aliphatic carbocycles. The molecule has 2 N–H and O–H groups in total. The van der Waals surface area contributed by atoms with Gasteiger partial charge in [0.25, 0.3) is 0 Å². The van der Waals surface area contributed by atoms with Crippen LogP contribution in [-0.2, 0) is 4.79 Å². The Bertz CT molecular complexity index is 261. The van der Waals surface area contributed by atoms with Crippen LogP contribution in [0.4, 0.5) is 0 Å². The summed E-state index contributed by atoms with van der Waals surface area (Å²) in [6, 6.07) is 0. The van der Waals surface area contributed by atoms with Gasteiger partial charge in [-0.3, -0.25) is 4.79 Å². The normalized spacial score (nSPS) is 18.4. The molecule has 1 fully saturated rings. The van der Waals surface area contributed by atoms with Crippen molar-refractivity contribution in [1.82, 2.24) is 4.90 Å². The SMILES string of the molecule is C=CCN(C(=O)C1(CN)CC1)C(C)(C)C. The maximum absolute atomic E-state index is 12.3. The van der Waals surface area contributed by atoms with E-state index in [9.17, 15) is 4.79 Å². The molecule has 1 saturated carbocycles. The van der Waals surface area contributed by atoms with E-state index in [1.807, 2.05) is 25.7 Å². The molecule has 0 aliphatic heterocycles. The number of amides is 1. The second kappa shape index (κ2) is 3.97. The van der Waals surface area contributed by atoms with Crippen LogP contribution in [0.3, 0.4) is 0 Å². The van der Waals surface area contributed by atoms with Crippen LogP contribution >= 0.6 is 0 Å². The van der Waals surface area contributed by atoms with E-state index < -0.39 is 0 Å². The highest BCUT2D eigenvalue weighted by Gasteiger charge is 2.51. The van der Waals surface area contributed by atoms with E-state index >= 15 is 0 Å². The van der Waals surface area contributed by atoms with Crippen molar-refractivity contribution in [3.63, 3.8) is 0 Å². The van der Waals surface area contributed by atoms with Crippen molar-refractivity contribution in [2.45, 2.75) is 39.2 Å². The molecule has 1 rings (SSSR count). The van der Waals surface area contributed by atoms with E-state index in [4.69, 9.17) is 5.73 Å². The molecule has 15 heavy (non-hydrogen) atoms. The van der Waals surface area contributed by atoms with Gasteiger partial charge < -0.3 is 10.6 Å². The summed E-state index contributed by atoms with van der Waals surface area (Å²) in [5, 5.41) is 0. The van der Waals surface area contributed by atoms with Gasteiger partial charge in [0.2, 0.25) is 5.91 Å². The summed E-state index contributed by atoms with van der Waals surface area (Å²) in [6.07, 6.45) is 3.65. The fourth-order valence-electron chi connectivity index (χ4n) is 1.73. The smallest absolute Gasteiger partial charge is 0.230 e. The first kappa shape index (κ1) is 12.2. The lowest BCUT2D eigenvalue weighted by atomic mass is 9.99. The van der Waals surface area contributed by atoms with Crippen LogP contribution in [0.2, 0.25) is 0 Å². The van der Waals surface area contributed by atoms with Gasteiger partial charge in [-0.2, -0.15) is 0 Å². The molecule has 0 unspecified atom stereocenters. The number of carbonyl (C=O) groups excluding carboxylic acids is 1. The highest BCUT2D eigenvalue weighted by Crippen LogP contribution is 2.47. The van der Waals surface area contributed by atoms with E-state index in [-0.39, 0.29) is 16.9 Å². The van der Waals surface area contributed by atoms with E-state index in [2.05, 4.69) is 6.58 Å². The number of rotatable bonds is 4. The summed E-state index contributed by atoms with van der Waals surface area (Å²) < 4.78 is 0. The average Bonchev–Trinajstić information content (AvgIpc) is 2.92. The number of carbonyl (C=O) groups is 1. The van der Waals surface area contributed by atoms with E-state index in [1.54, 1.807) is 6.08 Å². The lowest BCUT2D eigenvalue weighted by Crippen LogP contribution is -2.50. The minimum atomic E-state index is -0.254. The Morgan fingerprint density at radius 3 is 2.33 bits per heavy atom. The second-order valence-corrected chi connectivity index (χ2v) is 5.36. The Hall–Kier alpha value is -0.830.